The monoisotopic (exact) mass is 230 g/mol. The number of nitrogens with one attached hydrogen (secondary N) is 2. The molecule has 0 unspecified atom stereocenters. The molecule has 0 aliphatic rings. The summed E-state index contributed by atoms with van der Waals surface area (Å²) in [6, 6.07) is 0.140. The van der Waals surface area contributed by atoms with E-state index in [-0.39, 0.29) is 24.1 Å². The molecule has 0 bridgehead atoms. The lowest BCUT2D eigenvalue weighted by Crippen LogP contribution is -2.44. The smallest absolute Gasteiger partial charge is 0.315 e. The topological polar surface area (TPSA) is 61.4 Å². The third-order valence-electron chi connectivity index (χ3n) is 2.84. The van der Waals surface area contributed by atoms with Crippen molar-refractivity contribution in [1.82, 2.24) is 10.6 Å². The Hall–Kier alpha value is -0.770. The van der Waals surface area contributed by atoms with Crippen LogP contribution in [0.3, 0.4) is 0 Å². The van der Waals surface area contributed by atoms with Crippen molar-refractivity contribution < 1.29 is 9.90 Å². The minimum absolute atomic E-state index is 0.0555. The molecule has 0 saturated carbocycles. The molecule has 0 aromatic rings. The summed E-state index contributed by atoms with van der Waals surface area (Å²) in [6.45, 7) is 8.91. The van der Waals surface area contributed by atoms with Crippen molar-refractivity contribution in [1.29, 1.82) is 0 Å². The molecule has 0 aromatic carbocycles. The zero-order valence-corrected chi connectivity index (χ0v) is 11.0. The normalized spacial score (nSPS) is 11.6. The fourth-order valence-corrected chi connectivity index (χ4v) is 1.44. The van der Waals surface area contributed by atoms with Gasteiger partial charge in [0.05, 0.1) is 0 Å². The van der Waals surface area contributed by atoms with Gasteiger partial charge in [-0.1, -0.05) is 27.7 Å². The molecule has 0 atom stereocenters. The lowest BCUT2D eigenvalue weighted by Gasteiger charge is -2.24. The number of hydrogen-bond acceptors (Lipinski definition) is 2. The van der Waals surface area contributed by atoms with E-state index in [0.29, 0.717) is 13.0 Å². The molecule has 4 nitrogen and oxygen atoms in total. The van der Waals surface area contributed by atoms with Crippen molar-refractivity contribution in [2.24, 2.45) is 5.41 Å². The van der Waals surface area contributed by atoms with Crippen LogP contribution in [0.4, 0.5) is 4.79 Å². The summed E-state index contributed by atoms with van der Waals surface area (Å²) >= 11 is 0. The summed E-state index contributed by atoms with van der Waals surface area (Å²) in [5.74, 6) is 0. The van der Waals surface area contributed by atoms with Gasteiger partial charge in [-0.05, 0) is 24.7 Å². The minimum Gasteiger partial charge on any atom is -0.396 e. The quantitative estimate of drug-likeness (QED) is 0.625. The largest absolute Gasteiger partial charge is 0.396 e. The molecule has 2 amide bonds. The summed E-state index contributed by atoms with van der Waals surface area (Å²) < 4.78 is 0. The molecule has 0 fully saturated rings. The Balaban J connectivity index is 3.88. The Morgan fingerprint density at radius 3 is 2.31 bits per heavy atom. The fourth-order valence-electron chi connectivity index (χ4n) is 1.44. The zero-order chi connectivity index (χ0) is 12.6. The van der Waals surface area contributed by atoms with Crippen LogP contribution in [0.2, 0.25) is 0 Å². The molecule has 3 N–H and O–H groups in total. The molecule has 0 heterocycles. The fraction of sp³-hybridized carbons (Fsp3) is 0.917. The van der Waals surface area contributed by atoms with Crippen LogP contribution in [0, 0.1) is 5.41 Å². The minimum atomic E-state index is -0.111. The summed E-state index contributed by atoms with van der Waals surface area (Å²) in [5, 5.41) is 14.6. The van der Waals surface area contributed by atoms with Crippen LogP contribution < -0.4 is 10.6 Å². The number of hydrogen-bond donors (Lipinski definition) is 3. The van der Waals surface area contributed by atoms with Gasteiger partial charge in [0.15, 0.2) is 0 Å². The molecular weight excluding hydrogens is 204 g/mol. The van der Waals surface area contributed by atoms with E-state index in [4.69, 9.17) is 5.11 Å². The highest BCUT2D eigenvalue weighted by molar-refractivity contribution is 5.74. The van der Waals surface area contributed by atoms with Gasteiger partial charge in [0, 0.05) is 19.2 Å². The maximum absolute atomic E-state index is 11.5. The van der Waals surface area contributed by atoms with E-state index in [1.807, 2.05) is 13.8 Å². The van der Waals surface area contributed by atoms with Crippen molar-refractivity contribution in [3.05, 3.63) is 0 Å². The van der Waals surface area contributed by atoms with Crippen LogP contribution in [0.15, 0.2) is 0 Å². The first-order valence-electron chi connectivity index (χ1n) is 6.10. The molecule has 0 spiro atoms. The van der Waals surface area contributed by atoms with E-state index >= 15 is 0 Å². The van der Waals surface area contributed by atoms with Gasteiger partial charge >= 0.3 is 6.03 Å². The first-order chi connectivity index (χ1) is 7.45. The number of aliphatic hydroxyl groups excluding tert-OH is 1. The van der Waals surface area contributed by atoms with Gasteiger partial charge in [0.1, 0.15) is 0 Å². The van der Waals surface area contributed by atoms with E-state index in [0.717, 1.165) is 12.8 Å². The number of amides is 2. The Kier molecular flexibility index (Phi) is 7.13. The Morgan fingerprint density at radius 2 is 1.88 bits per heavy atom. The maximum Gasteiger partial charge on any atom is 0.315 e. The van der Waals surface area contributed by atoms with Crippen LogP contribution in [-0.2, 0) is 0 Å². The molecule has 0 aliphatic carbocycles. The van der Waals surface area contributed by atoms with Gasteiger partial charge < -0.3 is 15.7 Å². The Labute approximate surface area is 98.8 Å². The highest BCUT2D eigenvalue weighted by Gasteiger charge is 2.18. The number of carbonyl (C=O) groups excluding carboxylic acids is 1. The second kappa shape index (κ2) is 7.49. The van der Waals surface area contributed by atoms with Gasteiger partial charge in [0.25, 0.3) is 0 Å². The molecule has 16 heavy (non-hydrogen) atoms. The second-order valence-electron chi connectivity index (χ2n) is 4.98. The van der Waals surface area contributed by atoms with E-state index in [2.05, 4.69) is 24.5 Å². The predicted octanol–water partition coefficient (Wildman–Crippen LogP) is 1.88. The highest BCUT2D eigenvalue weighted by atomic mass is 16.3. The SMILES string of the molecule is CCC(CC)NC(=O)NCC(C)(C)CCO. The lowest BCUT2D eigenvalue weighted by molar-refractivity contribution is 0.200. The summed E-state index contributed by atoms with van der Waals surface area (Å²) in [4.78, 5) is 11.5. The zero-order valence-electron chi connectivity index (χ0n) is 11.0. The van der Waals surface area contributed by atoms with Crippen LogP contribution >= 0.6 is 0 Å². The van der Waals surface area contributed by atoms with Gasteiger partial charge in [-0.3, -0.25) is 0 Å². The van der Waals surface area contributed by atoms with Crippen LogP contribution in [-0.4, -0.2) is 30.3 Å². The van der Waals surface area contributed by atoms with E-state index in [1.165, 1.54) is 0 Å². The van der Waals surface area contributed by atoms with Crippen LogP contribution in [0.25, 0.3) is 0 Å². The van der Waals surface area contributed by atoms with Gasteiger partial charge in [-0.2, -0.15) is 0 Å². The van der Waals surface area contributed by atoms with E-state index in [1.54, 1.807) is 0 Å². The van der Waals surface area contributed by atoms with Crippen molar-refractivity contribution in [3.63, 3.8) is 0 Å². The second-order valence-corrected chi connectivity index (χ2v) is 4.98. The van der Waals surface area contributed by atoms with Crippen molar-refractivity contribution in [3.8, 4) is 0 Å². The number of carbonyl (C=O) groups is 1. The number of rotatable bonds is 7. The maximum atomic E-state index is 11.5. The van der Waals surface area contributed by atoms with Crippen molar-refractivity contribution >= 4 is 6.03 Å². The molecular formula is C12H26N2O2. The van der Waals surface area contributed by atoms with E-state index < -0.39 is 0 Å². The number of aliphatic hydroxyl groups is 1. The Bertz CT molecular complexity index is 201. The molecule has 0 aromatic heterocycles. The first-order valence-corrected chi connectivity index (χ1v) is 6.10. The lowest BCUT2D eigenvalue weighted by atomic mass is 9.90. The van der Waals surface area contributed by atoms with Gasteiger partial charge in [-0.25, -0.2) is 4.79 Å². The standard InChI is InChI=1S/C12H26N2O2/c1-5-10(6-2)14-11(16)13-9-12(3,4)7-8-15/h10,15H,5-9H2,1-4H3,(H2,13,14,16). The predicted molar refractivity (Wildman–Crippen MR) is 66.4 cm³/mol. The van der Waals surface area contributed by atoms with Crippen molar-refractivity contribution in [2.75, 3.05) is 13.2 Å². The number of urea groups is 1. The van der Waals surface area contributed by atoms with Crippen LogP contribution in [0.1, 0.15) is 47.0 Å². The van der Waals surface area contributed by atoms with Crippen LogP contribution in [0.5, 0.6) is 0 Å². The molecule has 0 aliphatic heterocycles. The molecule has 4 heteroatoms. The van der Waals surface area contributed by atoms with Gasteiger partial charge in [0.2, 0.25) is 0 Å². The summed E-state index contributed by atoms with van der Waals surface area (Å²) in [5.41, 5.74) is -0.0555. The highest BCUT2D eigenvalue weighted by Crippen LogP contribution is 2.17. The third kappa shape index (κ3) is 6.67. The molecule has 0 saturated heterocycles. The average Bonchev–Trinajstić information content (AvgIpc) is 2.23. The Morgan fingerprint density at radius 1 is 1.31 bits per heavy atom. The van der Waals surface area contributed by atoms with Crippen molar-refractivity contribution in [2.45, 2.75) is 53.0 Å². The molecule has 96 valence electrons. The first kappa shape index (κ1) is 15.2. The van der Waals surface area contributed by atoms with Gasteiger partial charge in [-0.15, -0.1) is 0 Å². The molecule has 0 rings (SSSR count). The summed E-state index contributed by atoms with van der Waals surface area (Å²) in [7, 11) is 0. The molecule has 0 radical (unpaired) electrons. The third-order valence-corrected chi connectivity index (χ3v) is 2.84. The average molecular weight is 230 g/mol. The summed E-state index contributed by atoms with van der Waals surface area (Å²) in [6.07, 6.45) is 2.59. The van der Waals surface area contributed by atoms with E-state index in [9.17, 15) is 4.79 Å².